The molecule has 0 bridgehead atoms. The number of imidazole rings is 1. The van der Waals surface area contributed by atoms with E-state index in [-0.39, 0.29) is 28.8 Å². The molecule has 13 heteroatoms. The maximum atomic E-state index is 15.2. The number of nitrogen functional groups attached to an aromatic ring is 1. The van der Waals surface area contributed by atoms with Crippen LogP contribution in [0.1, 0.15) is 32.9 Å². The summed E-state index contributed by atoms with van der Waals surface area (Å²) in [6, 6.07) is 2.76. The molecule has 2 aromatic carbocycles. The van der Waals surface area contributed by atoms with Gasteiger partial charge in [0.2, 0.25) is 0 Å². The van der Waals surface area contributed by atoms with Crippen molar-refractivity contribution in [3.05, 3.63) is 76.6 Å². The van der Waals surface area contributed by atoms with Crippen molar-refractivity contribution in [2.45, 2.75) is 26.1 Å². The fourth-order valence-corrected chi connectivity index (χ4v) is 3.58. The minimum Gasteiger partial charge on any atom is -0.382 e. The molecule has 4 rings (SSSR count). The normalized spacial score (nSPS) is 14.3. The second-order valence-electron chi connectivity index (χ2n) is 7.70. The molecule has 7 nitrogen and oxygen atoms in total. The van der Waals surface area contributed by atoms with Gasteiger partial charge in [0.15, 0.2) is 17.7 Å². The zero-order valence-corrected chi connectivity index (χ0v) is 18.1. The van der Waals surface area contributed by atoms with Gasteiger partial charge in [-0.3, -0.25) is 9.20 Å². The second-order valence-corrected chi connectivity index (χ2v) is 7.70. The number of aryl methyl sites for hydroxylation is 2. The zero-order chi connectivity index (χ0) is 29.0. The summed E-state index contributed by atoms with van der Waals surface area (Å²) in [6.45, 7) is -1.28. The number of carbonyl (C=O) groups excluding carboxylic acids is 1. The van der Waals surface area contributed by atoms with Gasteiger partial charge in [0.25, 0.3) is 5.91 Å². The predicted octanol–water partition coefficient (Wildman–Crippen LogP) is 4.70. The third kappa shape index (κ3) is 4.33. The van der Waals surface area contributed by atoms with E-state index in [0.717, 1.165) is 16.5 Å². The van der Waals surface area contributed by atoms with E-state index >= 15 is 8.78 Å². The first-order valence-corrected chi connectivity index (χ1v) is 9.99. The van der Waals surface area contributed by atoms with Crippen LogP contribution in [0.4, 0.5) is 37.8 Å². The molecule has 2 heterocycles. The van der Waals surface area contributed by atoms with E-state index in [0.29, 0.717) is 12.1 Å². The van der Waals surface area contributed by atoms with Gasteiger partial charge in [-0.25, -0.2) is 23.1 Å². The quantitative estimate of drug-likeness (QED) is 0.344. The predicted molar refractivity (Wildman–Crippen MR) is 117 cm³/mol. The number of benzene rings is 2. The molecule has 4 aromatic rings. The van der Waals surface area contributed by atoms with Crippen LogP contribution >= 0.6 is 0 Å². The summed E-state index contributed by atoms with van der Waals surface area (Å²) in [4.78, 5) is 20.3. The Kier molecular flexibility index (Phi) is 5.19. The van der Waals surface area contributed by atoms with Gasteiger partial charge in [0.05, 0.1) is 11.3 Å². The third-order valence-corrected chi connectivity index (χ3v) is 5.27. The summed E-state index contributed by atoms with van der Waals surface area (Å²) >= 11 is 0. The van der Waals surface area contributed by atoms with Crippen LogP contribution in [0, 0.1) is 31.2 Å². The number of nitrogens with two attached hydrogens (primary N) is 1. The molecule has 0 aliphatic carbocycles. The standard InChI is InChI=1S/C23H17F6N5O2/c1-9-8-31-21(30)19-18(32-10(2)34(9)19)14-3-4-15(17(26)16(14)25)33-22(36)20(35)11-5-12(23(27,28)29)7-13(24)6-11/h3-8,20,35H,1-2H3,(H2,30,31)(H,33,36)/i2D3. The molecule has 36 heavy (non-hydrogen) atoms. The smallest absolute Gasteiger partial charge is 0.382 e. The largest absolute Gasteiger partial charge is 0.416 e. The SMILES string of the molecule is [2H]C([2H])([2H])c1nc(-c2ccc(NC(=O)C(O)c3cc(F)cc(C(F)(F)F)c3)c(F)c2F)c2c(N)ncc(C)n12. The van der Waals surface area contributed by atoms with Gasteiger partial charge in [-0.1, -0.05) is 0 Å². The Hall–Kier alpha value is -4.13. The fraction of sp³-hybridized carbons (Fsp3) is 0.174. The van der Waals surface area contributed by atoms with E-state index in [1.165, 1.54) is 13.1 Å². The lowest BCUT2D eigenvalue weighted by atomic mass is 10.0. The van der Waals surface area contributed by atoms with Crippen molar-refractivity contribution in [2.75, 3.05) is 11.1 Å². The van der Waals surface area contributed by atoms with Crippen molar-refractivity contribution >= 4 is 22.9 Å². The van der Waals surface area contributed by atoms with Crippen LogP contribution < -0.4 is 11.1 Å². The molecule has 1 unspecified atom stereocenters. The number of nitrogens with zero attached hydrogens (tertiary/aromatic N) is 3. The number of aliphatic hydroxyl groups is 1. The summed E-state index contributed by atoms with van der Waals surface area (Å²) in [5, 5.41) is 12.0. The highest BCUT2D eigenvalue weighted by molar-refractivity contribution is 5.95. The number of amides is 1. The first-order valence-electron chi connectivity index (χ1n) is 11.5. The van der Waals surface area contributed by atoms with E-state index in [1.807, 2.05) is 5.32 Å². The van der Waals surface area contributed by atoms with Crippen LogP contribution in [-0.4, -0.2) is 25.4 Å². The lowest BCUT2D eigenvalue weighted by Gasteiger charge is -2.15. The third-order valence-electron chi connectivity index (χ3n) is 5.27. The second kappa shape index (κ2) is 8.82. The molecule has 4 N–H and O–H groups in total. The van der Waals surface area contributed by atoms with E-state index in [1.54, 1.807) is 0 Å². The zero-order valence-electron chi connectivity index (χ0n) is 21.1. The van der Waals surface area contributed by atoms with Crippen molar-refractivity contribution in [2.24, 2.45) is 0 Å². The van der Waals surface area contributed by atoms with Gasteiger partial charge >= 0.3 is 6.18 Å². The van der Waals surface area contributed by atoms with Crippen molar-refractivity contribution in [3.63, 3.8) is 0 Å². The number of hydrogen-bond acceptors (Lipinski definition) is 5. The van der Waals surface area contributed by atoms with Gasteiger partial charge in [-0.15, -0.1) is 0 Å². The number of nitrogens with one attached hydrogen (secondary N) is 1. The Morgan fingerprint density at radius 2 is 1.92 bits per heavy atom. The Morgan fingerprint density at radius 3 is 2.58 bits per heavy atom. The molecular formula is C23H17F6N5O2. The van der Waals surface area contributed by atoms with E-state index in [4.69, 9.17) is 9.85 Å². The molecule has 188 valence electrons. The Balaban J connectivity index is 1.73. The molecule has 0 saturated heterocycles. The Morgan fingerprint density at radius 1 is 1.19 bits per heavy atom. The number of fused-ring (bicyclic) bond motifs is 1. The fourth-order valence-electron chi connectivity index (χ4n) is 3.58. The van der Waals surface area contributed by atoms with Crippen molar-refractivity contribution in [1.82, 2.24) is 14.4 Å². The van der Waals surface area contributed by atoms with Crippen LogP contribution in [-0.2, 0) is 11.0 Å². The maximum Gasteiger partial charge on any atom is 0.416 e. The van der Waals surface area contributed by atoms with Crippen LogP contribution in [0.5, 0.6) is 0 Å². The summed E-state index contributed by atoms with van der Waals surface area (Å²) in [7, 11) is 0. The number of alkyl halides is 3. The Labute approximate surface area is 203 Å². The topological polar surface area (TPSA) is 106 Å². The van der Waals surface area contributed by atoms with Crippen LogP contribution in [0.25, 0.3) is 16.8 Å². The number of hydrogen-bond donors (Lipinski definition) is 3. The van der Waals surface area contributed by atoms with E-state index < -0.39 is 70.7 Å². The number of aliphatic hydroxyl groups excluding tert-OH is 1. The molecule has 1 atom stereocenters. The molecule has 0 aliphatic heterocycles. The van der Waals surface area contributed by atoms with E-state index in [2.05, 4.69) is 9.97 Å². The lowest BCUT2D eigenvalue weighted by molar-refractivity contribution is -0.138. The number of carbonyl (C=O) groups is 1. The number of aromatic nitrogens is 3. The van der Waals surface area contributed by atoms with Gasteiger partial charge in [0, 0.05) is 21.6 Å². The monoisotopic (exact) mass is 512 g/mol. The molecule has 0 spiro atoms. The number of rotatable bonds is 4. The van der Waals surface area contributed by atoms with Crippen LogP contribution in [0.3, 0.4) is 0 Å². The average Bonchev–Trinajstić information content (AvgIpc) is 3.25. The minimum absolute atomic E-state index is 0.113. The van der Waals surface area contributed by atoms with Gasteiger partial charge in [-0.2, -0.15) is 13.2 Å². The maximum absolute atomic E-state index is 15.2. The van der Waals surface area contributed by atoms with E-state index in [9.17, 15) is 27.5 Å². The van der Waals surface area contributed by atoms with Crippen LogP contribution in [0.2, 0.25) is 0 Å². The molecule has 2 aromatic heterocycles. The highest BCUT2D eigenvalue weighted by Crippen LogP contribution is 2.35. The lowest BCUT2D eigenvalue weighted by Crippen LogP contribution is -2.22. The van der Waals surface area contributed by atoms with Gasteiger partial charge in [0.1, 0.15) is 28.7 Å². The molecule has 0 aliphatic rings. The van der Waals surface area contributed by atoms with Crippen LogP contribution in [0.15, 0.2) is 36.5 Å². The highest BCUT2D eigenvalue weighted by atomic mass is 19.4. The molecule has 0 saturated carbocycles. The number of halogens is 6. The Bertz CT molecular complexity index is 1620. The highest BCUT2D eigenvalue weighted by Gasteiger charge is 2.33. The van der Waals surface area contributed by atoms with Crippen molar-refractivity contribution in [3.8, 4) is 11.3 Å². The molecular weight excluding hydrogens is 492 g/mol. The molecule has 1 amide bonds. The summed E-state index contributed by atoms with van der Waals surface area (Å²) in [5.41, 5.74) is 2.08. The number of anilines is 2. The summed E-state index contributed by atoms with van der Waals surface area (Å²) < 4.78 is 107. The van der Waals surface area contributed by atoms with Gasteiger partial charge in [-0.05, 0) is 49.7 Å². The summed E-state index contributed by atoms with van der Waals surface area (Å²) in [6.07, 6.45) is -6.09. The first kappa shape index (κ1) is 21.2. The average molecular weight is 512 g/mol. The first-order chi connectivity index (χ1) is 18.0. The van der Waals surface area contributed by atoms with Crippen molar-refractivity contribution < 1.29 is 40.4 Å². The minimum atomic E-state index is -4.98. The summed E-state index contributed by atoms with van der Waals surface area (Å²) in [5.74, 6) is -6.86. The molecule has 0 fully saturated rings. The van der Waals surface area contributed by atoms with Gasteiger partial charge < -0.3 is 16.2 Å². The van der Waals surface area contributed by atoms with Crippen molar-refractivity contribution in [1.29, 1.82) is 0 Å². The molecule has 0 radical (unpaired) electrons.